The third-order valence-corrected chi connectivity index (χ3v) is 5.57. The van der Waals surface area contributed by atoms with Crippen LogP contribution in [-0.2, 0) is 32.2 Å². The number of rotatable bonds is 10. The lowest BCUT2D eigenvalue weighted by Crippen LogP contribution is -2.45. The Morgan fingerprint density at radius 1 is 1.27 bits per heavy atom. The molecule has 1 rings (SSSR count). The Balaban J connectivity index is 2.90. The summed E-state index contributed by atoms with van der Waals surface area (Å²) in [5.41, 5.74) is 5.07. The molecule has 2 amide bonds. The van der Waals surface area contributed by atoms with E-state index < -0.39 is 37.7 Å². The zero-order chi connectivity index (χ0) is 23.1. The minimum Gasteiger partial charge on any atom is -0.467 e. The van der Waals surface area contributed by atoms with Crippen LogP contribution in [-0.4, -0.2) is 61.0 Å². The van der Waals surface area contributed by atoms with Crippen LogP contribution in [0.5, 0.6) is 0 Å². The molecule has 0 aliphatic carbocycles. The maximum absolute atomic E-state index is 12.1. The number of carbonyl (C=O) groups excluding carboxylic acids is 3. The number of nitrogens with zero attached hydrogens (tertiary/aromatic N) is 2. The van der Waals surface area contributed by atoms with Gasteiger partial charge in [-0.05, 0) is 26.8 Å². The van der Waals surface area contributed by atoms with E-state index in [0.717, 1.165) is 6.04 Å². The highest BCUT2D eigenvalue weighted by molar-refractivity contribution is 6.76. The molecule has 1 heterocycles. The molecule has 0 saturated carbocycles. The fourth-order valence-electron chi connectivity index (χ4n) is 2.40. The fraction of sp³-hybridized carbons (Fsp3) is 0.684. The minimum absolute atomic E-state index is 0.00585. The molecule has 0 aliphatic rings. The van der Waals surface area contributed by atoms with E-state index in [2.05, 4.69) is 29.9 Å². The molecule has 170 valence electrons. The van der Waals surface area contributed by atoms with Gasteiger partial charge < -0.3 is 29.8 Å². The molecule has 0 aromatic carbocycles. The Kier molecular flexibility index (Phi) is 9.03. The van der Waals surface area contributed by atoms with Crippen LogP contribution in [0.3, 0.4) is 0 Å². The van der Waals surface area contributed by atoms with Gasteiger partial charge in [0.2, 0.25) is 5.82 Å². The van der Waals surface area contributed by atoms with E-state index in [1.54, 1.807) is 27.0 Å². The van der Waals surface area contributed by atoms with Crippen molar-refractivity contribution in [3.05, 3.63) is 17.7 Å². The Morgan fingerprint density at radius 3 is 2.40 bits per heavy atom. The third kappa shape index (κ3) is 9.40. The minimum atomic E-state index is -1.24. The van der Waals surface area contributed by atoms with Crippen LogP contribution in [0, 0.1) is 0 Å². The van der Waals surface area contributed by atoms with Crippen molar-refractivity contribution < 1.29 is 28.6 Å². The molecule has 0 saturated heterocycles. The van der Waals surface area contributed by atoms with Gasteiger partial charge in [0.25, 0.3) is 5.91 Å². The van der Waals surface area contributed by atoms with Crippen molar-refractivity contribution in [1.29, 1.82) is 0 Å². The molecule has 10 nitrogen and oxygen atoms in total. The first-order chi connectivity index (χ1) is 13.7. The van der Waals surface area contributed by atoms with Crippen LogP contribution in [0.1, 0.15) is 37.1 Å². The summed E-state index contributed by atoms with van der Waals surface area (Å²) in [4.78, 5) is 40.1. The smallest absolute Gasteiger partial charge is 0.408 e. The fourth-order valence-corrected chi connectivity index (χ4v) is 3.16. The number of primary amides is 1. The van der Waals surface area contributed by atoms with Gasteiger partial charge >= 0.3 is 12.1 Å². The molecule has 0 bridgehead atoms. The van der Waals surface area contributed by atoms with E-state index in [4.69, 9.17) is 19.9 Å². The van der Waals surface area contributed by atoms with Crippen molar-refractivity contribution in [3.8, 4) is 0 Å². The van der Waals surface area contributed by atoms with Gasteiger partial charge in [0.1, 0.15) is 18.4 Å². The standard InChI is InChI=1S/C19H34N4O6Si/c1-19(2,3)29-18(26)22-14(17(25)27-4)10-13-11-23(16(21-13)15(20)24)12-28-8-9-30(5,6)7/h11,14H,8-10,12H2,1-7H3,(H2,20,24)(H,22,26)/t14-/m0/s1. The van der Waals surface area contributed by atoms with Crippen LogP contribution in [0.2, 0.25) is 25.7 Å². The molecule has 1 aromatic rings. The number of aromatic nitrogens is 2. The molecular formula is C19H34N4O6Si. The quantitative estimate of drug-likeness (QED) is 0.321. The Morgan fingerprint density at radius 2 is 1.90 bits per heavy atom. The lowest BCUT2D eigenvalue weighted by molar-refractivity contribution is -0.143. The summed E-state index contributed by atoms with van der Waals surface area (Å²) in [6.45, 7) is 12.5. The summed E-state index contributed by atoms with van der Waals surface area (Å²) in [5.74, 6) is -1.37. The highest BCUT2D eigenvalue weighted by atomic mass is 28.3. The molecule has 0 fully saturated rings. The molecule has 0 radical (unpaired) electrons. The molecule has 1 atom stereocenters. The predicted octanol–water partition coefficient (Wildman–Crippen LogP) is 1.90. The van der Waals surface area contributed by atoms with Gasteiger partial charge in [0.15, 0.2) is 0 Å². The monoisotopic (exact) mass is 442 g/mol. The average molecular weight is 443 g/mol. The van der Waals surface area contributed by atoms with E-state index in [1.807, 2.05) is 0 Å². The first kappa shape index (κ1) is 25.6. The SMILES string of the molecule is COC(=O)[C@H](Cc1cn(COCC[Si](C)(C)C)c(C(N)=O)n1)NC(=O)OC(C)(C)C. The topological polar surface area (TPSA) is 135 Å². The number of nitrogens with two attached hydrogens (primary N) is 1. The summed E-state index contributed by atoms with van der Waals surface area (Å²) in [5, 5.41) is 2.47. The summed E-state index contributed by atoms with van der Waals surface area (Å²) < 4.78 is 17.1. The number of imidazole rings is 1. The number of amides is 2. The Bertz CT molecular complexity index is 751. The number of alkyl carbamates (subject to hydrolysis) is 1. The second-order valence-electron chi connectivity index (χ2n) is 9.16. The molecular weight excluding hydrogens is 408 g/mol. The van der Waals surface area contributed by atoms with Gasteiger partial charge in [-0.3, -0.25) is 4.79 Å². The Hall–Kier alpha value is -2.40. The number of ether oxygens (including phenoxy) is 3. The Labute approximate surface area is 178 Å². The molecule has 30 heavy (non-hydrogen) atoms. The van der Waals surface area contributed by atoms with Gasteiger partial charge in [-0.25, -0.2) is 14.6 Å². The molecule has 1 aromatic heterocycles. The number of esters is 1. The van der Waals surface area contributed by atoms with Crippen LogP contribution < -0.4 is 11.1 Å². The van der Waals surface area contributed by atoms with E-state index in [-0.39, 0.29) is 19.0 Å². The third-order valence-electron chi connectivity index (χ3n) is 3.86. The maximum Gasteiger partial charge on any atom is 0.408 e. The first-order valence-corrected chi connectivity index (χ1v) is 13.4. The summed E-state index contributed by atoms with van der Waals surface area (Å²) >= 11 is 0. The summed E-state index contributed by atoms with van der Waals surface area (Å²) in [6.07, 6.45) is 0.803. The van der Waals surface area contributed by atoms with Crippen molar-refractivity contribution >= 4 is 26.0 Å². The van der Waals surface area contributed by atoms with Crippen molar-refractivity contribution in [1.82, 2.24) is 14.9 Å². The van der Waals surface area contributed by atoms with E-state index >= 15 is 0 Å². The number of nitrogens with one attached hydrogen (secondary N) is 1. The average Bonchev–Trinajstić information content (AvgIpc) is 2.98. The van der Waals surface area contributed by atoms with Gasteiger partial charge in [0.05, 0.1) is 12.8 Å². The molecule has 0 spiro atoms. The van der Waals surface area contributed by atoms with Gasteiger partial charge in [-0.2, -0.15) is 0 Å². The number of methoxy groups -OCH3 is 1. The lowest BCUT2D eigenvalue weighted by atomic mass is 10.1. The van der Waals surface area contributed by atoms with Crippen LogP contribution in [0.4, 0.5) is 4.79 Å². The van der Waals surface area contributed by atoms with Gasteiger partial charge in [-0.15, -0.1) is 0 Å². The van der Waals surface area contributed by atoms with Crippen molar-refractivity contribution in [2.45, 2.75) is 71.3 Å². The number of carbonyl (C=O) groups is 3. The van der Waals surface area contributed by atoms with Crippen molar-refractivity contribution in [3.63, 3.8) is 0 Å². The molecule has 0 unspecified atom stereocenters. The van der Waals surface area contributed by atoms with Gasteiger partial charge in [-0.1, -0.05) is 19.6 Å². The second-order valence-corrected chi connectivity index (χ2v) is 14.8. The first-order valence-electron chi connectivity index (χ1n) is 9.73. The summed E-state index contributed by atoms with van der Waals surface area (Å²) in [6, 6.07) is -0.0632. The van der Waals surface area contributed by atoms with Gasteiger partial charge in [0, 0.05) is 27.3 Å². The summed E-state index contributed by atoms with van der Waals surface area (Å²) in [7, 11) is -0.0280. The second kappa shape index (κ2) is 10.6. The lowest BCUT2D eigenvalue weighted by Gasteiger charge is -2.22. The van der Waals surface area contributed by atoms with E-state index in [0.29, 0.717) is 12.3 Å². The largest absolute Gasteiger partial charge is 0.467 e. The van der Waals surface area contributed by atoms with E-state index in [9.17, 15) is 14.4 Å². The highest BCUT2D eigenvalue weighted by Crippen LogP contribution is 2.12. The maximum atomic E-state index is 12.1. The zero-order valence-corrected chi connectivity index (χ0v) is 19.9. The van der Waals surface area contributed by atoms with Crippen LogP contribution in [0.25, 0.3) is 0 Å². The van der Waals surface area contributed by atoms with Crippen molar-refractivity contribution in [2.24, 2.45) is 5.73 Å². The molecule has 11 heteroatoms. The number of hydrogen-bond donors (Lipinski definition) is 2. The normalized spacial score (nSPS) is 12.9. The molecule has 0 aliphatic heterocycles. The zero-order valence-electron chi connectivity index (χ0n) is 18.9. The predicted molar refractivity (Wildman–Crippen MR) is 114 cm³/mol. The van der Waals surface area contributed by atoms with Crippen LogP contribution >= 0.6 is 0 Å². The van der Waals surface area contributed by atoms with Crippen molar-refractivity contribution in [2.75, 3.05) is 13.7 Å². The van der Waals surface area contributed by atoms with E-state index in [1.165, 1.54) is 11.7 Å². The highest BCUT2D eigenvalue weighted by Gasteiger charge is 2.27. The number of hydrogen-bond acceptors (Lipinski definition) is 7. The van der Waals surface area contributed by atoms with Crippen LogP contribution in [0.15, 0.2) is 6.20 Å². The molecule has 3 N–H and O–H groups in total.